The van der Waals surface area contributed by atoms with Gasteiger partial charge in [-0.05, 0) is 54.3 Å². The van der Waals surface area contributed by atoms with Gasteiger partial charge in [-0.3, -0.25) is 9.79 Å². The maximum absolute atomic E-state index is 14.8. The largest absolute Gasteiger partial charge is 0.324 e. The zero-order valence-corrected chi connectivity index (χ0v) is 23.6. The number of hydrogen-bond donors (Lipinski definition) is 1. The van der Waals surface area contributed by atoms with E-state index in [0.717, 1.165) is 17.8 Å². The van der Waals surface area contributed by atoms with Gasteiger partial charge in [0.25, 0.3) is 0 Å². The number of carbonyl (C=O) groups excluding carboxylic acids is 1. The van der Waals surface area contributed by atoms with Crippen LogP contribution in [0.5, 0.6) is 0 Å². The summed E-state index contributed by atoms with van der Waals surface area (Å²) < 4.78 is 29.7. The van der Waals surface area contributed by atoms with Crippen molar-refractivity contribution in [2.45, 2.75) is 33.7 Å². The van der Waals surface area contributed by atoms with Gasteiger partial charge in [-0.15, -0.1) is 0 Å². The van der Waals surface area contributed by atoms with E-state index in [0.29, 0.717) is 39.9 Å². The van der Waals surface area contributed by atoms with Crippen molar-refractivity contribution in [3.63, 3.8) is 0 Å². The lowest BCUT2D eigenvalue weighted by molar-refractivity contribution is -0.125. The highest BCUT2D eigenvalue weighted by Crippen LogP contribution is 2.37. The van der Waals surface area contributed by atoms with E-state index in [2.05, 4.69) is 29.1 Å². The molecule has 9 heteroatoms. The summed E-state index contributed by atoms with van der Waals surface area (Å²) in [5, 5.41) is 3.67. The lowest BCUT2D eigenvalue weighted by atomic mass is 9.78. The van der Waals surface area contributed by atoms with Gasteiger partial charge in [0.15, 0.2) is 0 Å². The van der Waals surface area contributed by atoms with Crippen LogP contribution in [0.4, 0.5) is 26.1 Å². The maximum Gasteiger partial charge on any atom is 0.229 e. The van der Waals surface area contributed by atoms with Gasteiger partial charge in [-0.2, -0.15) is 0 Å². The molecule has 6 nitrogen and oxygen atoms in total. The fourth-order valence-electron chi connectivity index (χ4n) is 5.77. The summed E-state index contributed by atoms with van der Waals surface area (Å²) in [6, 6.07) is 16.5. The summed E-state index contributed by atoms with van der Waals surface area (Å²) in [6.45, 7) is 7.10. The minimum Gasteiger partial charge on any atom is -0.324 e. The Balaban J connectivity index is 1.36. The summed E-state index contributed by atoms with van der Waals surface area (Å²) in [5.41, 5.74) is 3.90. The molecule has 1 amide bonds. The Morgan fingerprint density at radius 3 is 2.56 bits per heavy atom. The number of amides is 1. The van der Waals surface area contributed by atoms with Gasteiger partial charge in [0.2, 0.25) is 11.9 Å². The van der Waals surface area contributed by atoms with E-state index >= 15 is 0 Å². The highest BCUT2D eigenvalue weighted by atomic mass is 35.5. The Hall–Kier alpha value is -4.17. The molecule has 1 saturated heterocycles. The van der Waals surface area contributed by atoms with Crippen LogP contribution in [0.15, 0.2) is 71.9 Å². The number of piperidine rings is 1. The molecule has 1 N–H and O–H groups in total. The monoisotopic (exact) mass is 571 g/mol. The molecule has 0 spiro atoms. The number of halogens is 3. The Labute approximate surface area is 242 Å². The number of carbonyl (C=O) groups is 1. The fraction of sp³-hybridized carbons (Fsp3) is 0.250. The molecule has 2 aliphatic heterocycles. The first-order chi connectivity index (χ1) is 19.6. The highest BCUT2D eigenvalue weighted by Gasteiger charge is 2.37. The third-order valence-electron chi connectivity index (χ3n) is 7.51. The summed E-state index contributed by atoms with van der Waals surface area (Å²) in [5.74, 6) is -1.03. The predicted molar refractivity (Wildman–Crippen MR) is 158 cm³/mol. The van der Waals surface area contributed by atoms with Crippen molar-refractivity contribution in [1.82, 2.24) is 9.97 Å². The number of aliphatic imine (C=N–C) groups is 1. The SMILES string of the molecule is CC1CC(C)(C)CN(c2cccc(Nc3ncc4c(n3)-c3ccc(Cl)cc3C(c3c(F)cccc3F)=NC4)c2)C1=O. The highest BCUT2D eigenvalue weighted by molar-refractivity contribution is 6.31. The second-order valence-electron chi connectivity index (χ2n) is 11.4. The lowest BCUT2D eigenvalue weighted by Gasteiger charge is -2.41. The van der Waals surface area contributed by atoms with Crippen molar-refractivity contribution in [1.29, 1.82) is 0 Å². The van der Waals surface area contributed by atoms with Gasteiger partial charge in [-0.25, -0.2) is 18.7 Å². The molecule has 1 fully saturated rings. The van der Waals surface area contributed by atoms with E-state index in [4.69, 9.17) is 16.6 Å². The topological polar surface area (TPSA) is 70.5 Å². The van der Waals surface area contributed by atoms with Crippen LogP contribution in [0, 0.1) is 23.0 Å². The van der Waals surface area contributed by atoms with Gasteiger partial charge in [0, 0.05) is 51.7 Å². The van der Waals surface area contributed by atoms with Crippen LogP contribution >= 0.6 is 11.6 Å². The molecule has 3 aromatic carbocycles. The summed E-state index contributed by atoms with van der Waals surface area (Å²) in [7, 11) is 0. The van der Waals surface area contributed by atoms with Gasteiger partial charge in [0.1, 0.15) is 11.6 Å². The van der Waals surface area contributed by atoms with Crippen molar-refractivity contribution >= 4 is 40.5 Å². The van der Waals surface area contributed by atoms with Crippen LogP contribution in [-0.4, -0.2) is 28.1 Å². The van der Waals surface area contributed by atoms with Crippen molar-refractivity contribution in [2.75, 3.05) is 16.8 Å². The molecule has 6 rings (SSSR count). The molecule has 2 aliphatic rings. The first-order valence-corrected chi connectivity index (χ1v) is 13.8. The molecular formula is C32H28ClF2N5O. The molecule has 3 heterocycles. The Morgan fingerprint density at radius 2 is 1.78 bits per heavy atom. The van der Waals surface area contributed by atoms with E-state index in [1.165, 1.54) is 18.2 Å². The van der Waals surface area contributed by atoms with Gasteiger partial charge >= 0.3 is 0 Å². The number of fused-ring (bicyclic) bond motifs is 3. The van der Waals surface area contributed by atoms with Crippen LogP contribution in [0.3, 0.4) is 0 Å². The Bertz CT molecular complexity index is 1700. The number of rotatable bonds is 4. The van der Waals surface area contributed by atoms with E-state index in [1.54, 1.807) is 24.4 Å². The van der Waals surface area contributed by atoms with Crippen LogP contribution < -0.4 is 10.2 Å². The fourth-order valence-corrected chi connectivity index (χ4v) is 5.95. The van der Waals surface area contributed by atoms with Crippen molar-refractivity contribution in [2.24, 2.45) is 16.3 Å². The van der Waals surface area contributed by atoms with Crippen molar-refractivity contribution in [3.8, 4) is 11.3 Å². The average molecular weight is 572 g/mol. The van der Waals surface area contributed by atoms with Crippen LogP contribution in [0.1, 0.15) is 43.9 Å². The Morgan fingerprint density at radius 1 is 1.02 bits per heavy atom. The molecule has 1 atom stereocenters. The number of nitrogens with one attached hydrogen (secondary N) is 1. The molecule has 0 saturated carbocycles. The third kappa shape index (κ3) is 5.20. The molecule has 4 aromatic rings. The summed E-state index contributed by atoms with van der Waals surface area (Å²) in [4.78, 5) is 28.7. The lowest BCUT2D eigenvalue weighted by Crippen LogP contribution is -2.48. The van der Waals surface area contributed by atoms with E-state index in [1.807, 2.05) is 36.1 Å². The second kappa shape index (κ2) is 10.3. The Kier molecular flexibility index (Phi) is 6.82. The number of nitrogens with zero attached hydrogens (tertiary/aromatic N) is 4. The molecule has 0 aliphatic carbocycles. The normalized spacial score (nSPS) is 17.8. The minimum atomic E-state index is -0.709. The van der Waals surface area contributed by atoms with Gasteiger partial charge in [0.05, 0.1) is 23.5 Å². The molecular weight excluding hydrogens is 544 g/mol. The van der Waals surface area contributed by atoms with Crippen LogP contribution in [0.2, 0.25) is 5.02 Å². The summed E-state index contributed by atoms with van der Waals surface area (Å²) in [6.07, 6.45) is 2.51. The molecule has 41 heavy (non-hydrogen) atoms. The van der Waals surface area contributed by atoms with Crippen molar-refractivity contribution < 1.29 is 13.6 Å². The second-order valence-corrected chi connectivity index (χ2v) is 11.8. The molecule has 1 aromatic heterocycles. The van der Waals surface area contributed by atoms with E-state index in [9.17, 15) is 13.6 Å². The van der Waals surface area contributed by atoms with E-state index < -0.39 is 11.6 Å². The van der Waals surface area contributed by atoms with Crippen LogP contribution in [-0.2, 0) is 11.3 Å². The smallest absolute Gasteiger partial charge is 0.229 e. The summed E-state index contributed by atoms with van der Waals surface area (Å²) >= 11 is 6.33. The third-order valence-corrected chi connectivity index (χ3v) is 7.75. The number of aromatic nitrogens is 2. The zero-order valence-electron chi connectivity index (χ0n) is 22.9. The van der Waals surface area contributed by atoms with Gasteiger partial charge in [-0.1, -0.05) is 50.6 Å². The zero-order chi connectivity index (χ0) is 28.9. The van der Waals surface area contributed by atoms with Gasteiger partial charge < -0.3 is 10.2 Å². The predicted octanol–water partition coefficient (Wildman–Crippen LogP) is 7.57. The first kappa shape index (κ1) is 27.0. The minimum absolute atomic E-state index is 0.0136. The average Bonchev–Trinajstić information content (AvgIpc) is 3.07. The molecule has 0 bridgehead atoms. The molecule has 208 valence electrons. The standard InChI is InChI=1S/C32H28ClF2N5O/c1-18-14-32(2,3)17-40(30(18)41)22-7-4-6-21(13-22)38-31-37-16-19-15-36-29(27-25(34)8-5-9-26(27)35)24-12-20(33)10-11-23(24)28(19)39-31/h4-13,16,18H,14-15,17H2,1-3H3,(H,37,38,39). The van der Waals surface area contributed by atoms with Crippen molar-refractivity contribution in [3.05, 3.63) is 100 Å². The number of benzene rings is 3. The van der Waals surface area contributed by atoms with E-state index in [-0.39, 0.29) is 35.1 Å². The first-order valence-electron chi connectivity index (χ1n) is 13.4. The quantitative estimate of drug-likeness (QED) is 0.274. The number of anilines is 3. The van der Waals surface area contributed by atoms with Crippen LogP contribution in [0.25, 0.3) is 11.3 Å². The molecule has 1 unspecified atom stereocenters. The molecule has 0 radical (unpaired) electrons. The number of hydrogen-bond acceptors (Lipinski definition) is 5. The maximum atomic E-state index is 14.8.